The van der Waals surface area contributed by atoms with Crippen LogP contribution in [0.4, 0.5) is 11.4 Å². The Morgan fingerprint density at radius 3 is 2.14 bits per heavy atom. The molecule has 1 saturated heterocycles. The molecule has 51 heavy (non-hydrogen) atoms. The lowest BCUT2D eigenvalue weighted by Crippen LogP contribution is -2.37. The number of benzene rings is 5. The van der Waals surface area contributed by atoms with Gasteiger partial charge in [0.1, 0.15) is 6.61 Å². The fraction of sp³-hybridized carbons (Fsp3) is 0.190. The number of nitrogens with one attached hydrogen (secondary N) is 1. The first-order valence-corrected chi connectivity index (χ1v) is 19.3. The number of amidine groups is 1. The average molecular weight is 824 g/mol. The van der Waals surface area contributed by atoms with Gasteiger partial charge in [-0.25, -0.2) is 4.99 Å². The van der Waals surface area contributed by atoms with Crippen molar-refractivity contribution in [2.24, 2.45) is 4.99 Å². The Labute approximate surface area is 321 Å². The summed E-state index contributed by atoms with van der Waals surface area (Å²) in [6.45, 7) is 2.45. The highest BCUT2D eigenvalue weighted by atomic mass is 127. The van der Waals surface area contributed by atoms with Gasteiger partial charge in [-0.05, 0) is 123 Å². The van der Waals surface area contributed by atoms with Gasteiger partial charge in [0.15, 0.2) is 16.7 Å². The van der Waals surface area contributed by atoms with Gasteiger partial charge in [0.25, 0.3) is 5.91 Å². The highest BCUT2D eigenvalue weighted by Gasteiger charge is 2.35. The van der Waals surface area contributed by atoms with Gasteiger partial charge < -0.3 is 19.7 Å². The largest absolute Gasteiger partial charge is 0.493 e. The van der Waals surface area contributed by atoms with Crippen molar-refractivity contribution in [3.8, 4) is 11.5 Å². The lowest BCUT2D eigenvalue weighted by Gasteiger charge is -2.43. The molecule has 8 rings (SSSR count). The van der Waals surface area contributed by atoms with Crippen molar-refractivity contribution in [3.05, 3.63) is 156 Å². The third-order valence-electron chi connectivity index (χ3n) is 9.73. The maximum Gasteiger partial charge on any atom is 0.264 e. The van der Waals surface area contributed by atoms with Crippen LogP contribution < -0.4 is 19.7 Å². The molecule has 6 nitrogen and oxygen atoms in total. The van der Waals surface area contributed by atoms with Gasteiger partial charge in [0.05, 0.1) is 21.3 Å². The van der Waals surface area contributed by atoms with E-state index in [1.807, 2.05) is 42.5 Å². The number of rotatable bonds is 8. The molecule has 256 valence electrons. The summed E-state index contributed by atoms with van der Waals surface area (Å²) in [6, 6.07) is 37.6. The van der Waals surface area contributed by atoms with Crippen LogP contribution in [0.5, 0.6) is 11.5 Å². The van der Waals surface area contributed by atoms with Crippen LogP contribution in [0.3, 0.4) is 0 Å². The number of anilines is 1. The van der Waals surface area contributed by atoms with Crippen molar-refractivity contribution < 1.29 is 14.3 Å². The zero-order valence-corrected chi connectivity index (χ0v) is 31.7. The van der Waals surface area contributed by atoms with Crippen molar-refractivity contribution in [3.63, 3.8) is 0 Å². The minimum absolute atomic E-state index is 0.175. The van der Waals surface area contributed by atoms with Gasteiger partial charge in [0, 0.05) is 35.6 Å². The van der Waals surface area contributed by atoms with E-state index >= 15 is 0 Å². The molecule has 0 radical (unpaired) electrons. The number of hydrogen-bond acceptors (Lipinski definition) is 6. The molecule has 3 heterocycles. The third-order valence-corrected chi connectivity index (χ3v) is 11.7. The highest BCUT2D eigenvalue weighted by Crippen LogP contribution is 2.50. The maximum absolute atomic E-state index is 13.3. The predicted molar refractivity (Wildman–Crippen MR) is 217 cm³/mol. The molecule has 5 aromatic carbocycles. The molecule has 9 heteroatoms. The summed E-state index contributed by atoms with van der Waals surface area (Å²) in [5.74, 6) is 1.63. The van der Waals surface area contributed by atoms with E-state index in [-0.39, 0.29) is 17.7 Å². The molecule has 0 aliphatic carbocycles. The molecular weight excluding hydrogens is 789 g/mol. The number of carbonyl (C=O) groups excluding carboxylic acids is 1. The van der Waals surface area contributed by atoms with Gasteiger partial charge >= 0.3 is 0 Å². The van der Waals surface area contributed by atoms with Crippen molar-refractivity contribution in [2.45, 2.75) is 31.3 Å². The van der Waals surface area contributed by atoms with E-state index < -0.39 is 0 Å². The first kappa shape index (κ1) is 33.9. The van der Waals surface area contributed by atoms with E-state index in [9.17, 15) is 4.79 Å². The Morgan fingerprint density at radius 2 is 1.53 bits per heavy atom. The molecular formula is C42H35ClIN3O3S. The second kappa shape index (κ2) is 14.8. The number of amides is 1. The van der Waals surface area contributed by atoms with Gasteiger partial charge in [-0.2, -0.15) is 0 Å². The lowest BCUT2D eigenvalue weighted by atomic mass is 9.76. The molecule has 0 bridgehead atoms. The Hall–Kier alpha value is -4.25. The first-order valence-electron chi connectivity index (χ1n) is 17.0. The number of hydrogen-bond donors (Lipinski definition) is 1. The van der Waals surface area contributed by atoms with Gasteiger partial charge in [0.2, 0.25) is 0 Å². The SMILES string of the molecule is COc1cc(/C=C2\SC(=Nc3cc4c5c(c3)[C@H](c3ccccc3)CCN5CC[C@H]4c3ccccc3)NC2=O)cc(I)c1OCc1ccc(Cl)cc1. The Balaban J connectivity index is 1.11. The van der Waals surface area contributed by atoms with Gasteiger partial charge in [-0.1, -0.05) is 84.4 Å². The van der Waals surface area contributed by atoms with E-state index in [4.69, 9.17) is 26.1 Å². The minimum Gasteiger partial charge on any atom is -0.493 e. The number of nitrogens with zero attached hydrogens (tertiary/aromatic N) is 2. The zero-order chi connectivity index (χ0) is 34.9. The molecule has 2 atom stereocenters. The van der Waals surface area contributed by atoms with Crippen LogP contribution in [0.1, 0.15) is 58.1 Å². The van der Waals surface area contributed by atoms with Crippen molar-refractivity contribution >= 4 is 74.5 Å². The monoisotopic (exact) mass is 823 g/mol. The van der Waals surface area contributed by atoms with Crippen molar-refractivity contribution in [1.29, 1.82) is 0 Å². The maximum atomic E-state index is 13.3. The summed E-state index contributed by atoms with van der Waals surface area (Å²) in [7, 11) is 1.62. The summed E-state index contributed by atoms with van der Waals surface area (Å²) in [4.78, 5) is 21.5. The van der Waals surface area contributed by atoms with Crippen LogP contribution in [0.2, 0.25) is 5.02 Å². The minimum atomic E-state index is -0.175. The predicted octanol–water partition coefficient (Wildman–Crippen LogP) is 10.3. The van der Waals surface area contributed by atoms with Crippen LogP contribution in [-0.4, -0.2) is 31.3 Å². The van der Waals surface area contributed by atoms with E-state index in [0.29, 0.717) is 33.2 Å². The first-order chi connectivity index (χ1) is 24.9. The number of halogens is 2. The molecule has 5 aromatic rings. The van der Waals surface area contributed by atoms with Crippen LogP contribution in [0.25, 0.3) is 6.08 Å². The summed E-state index contributed by atoms with van der Waals surface area (Å²) in [6.07, 6.45) is 3.98. The normalized spacial score (nSPS) is 19.6. The van der Waals surface area contributed by atoms with Crippen LogP contribution >= 0.6 is 46.0 Å². The van der Waals surface area contributed by atoms with E-state index in [0.717, 1.165) is 46.3 Å². The summed E-state index contributed by atoms with van der Waals surface area (Å²) in [5.41, 5.74) is 9.33. The van der Waals surface area contributed by atoms with Gasteiger partial charge in [-0.3, -0.25) is 4.79 Å². The molecule has 3 aliphatic heterocycles. The second-order valence-corrected chi connectivity index (χ2v) is 15.5. The number of thioether (sulfide) groups is 1. The van der Waals surface area contributed by atoms with Crippen LogP contribution in [0.15, 0.2) is 119 Å². The smallest absolute Gasteiger partial charge is 0.264 e. The lowest BCUT2D eigenvalue weighted by molar-refractivity contribution is -0.115. The molecule has 0 spiro atoms. The van der Waals surface area contributed by atoms with E-state index in [2.05, 4.69) is 106 Å². The number of methoxy groups -OCH3 is 1. The topological polar surface area (TPSA) is 63.2 Å². The summed E-state index contributed by atoms with van der Waals surface area (Å²) in [5, 5.41) is 4.28. The quantitative estimate of drug-likeness (QED) is 0.125. The highest BCUT2D eigenvalue weighted by molar-refractivity contribution is 14.1. The molecule has 0 saturated carbocycles. The number of aliphatic imine (C=N–C) groups is 1. The number of ether oxygens (including phenoxy) is 2. The molecule has 1 N–H and O–H groups in total. The summed E-state index contributed by atoms with van der Waals surface area (Å²) < 4.78 is 12.7. The number of carbonyl (C=O) groups is 1. The summed E-state index contributed by atoms with van der Waals surface area (Å²) >= 11 is 9.64. The standard InChI is InChI=1S/C42H35ClIN3O3S/c1-49-37-21-27(20-36(44)40(37)50-25-26-12-14-30(43)15-13-26)22-38-41(48)46-42(51-38)45-31-23-34-32(28-8-4-2-5-9-28)16-18-47-19-17-33(35(24-31)39(34)47)29-10-6-3-7-11-29/h2-15,20-24,32-33H,16-19,25H2,1H3,(H,45,46,48)/b38-22-/t32-,33-/m0/s1. The Morgan fingerprint density at radius 1 is 0.902 bits per heavy atom. The van der Waals surface area contributed by atoms with Crippen LogP contribution in [-0.2, 0) is 11.4 Å². The van der Waals surface area contributed by atoms with Gasteiger partial charge in [-0.15, -0.1) is 0 Å². The van der Waals surface area contributed by atoms with Crippen molar-refractivity contribution in [1.82, 2.24) is 5.32 Å². The Bertz CT molecular complexity index is 2090. The molecule has 0 aromatic heterocycles. The average Bonchev–Trinajstić information content (AvgIpc) is 3.49. The molecule has 3 aliphatic rings. The Kier molecular flexibility index (Phi) is 9.81. The third kappa shape index (κ3) is 7.14. The fourth-order valence-electron chi connectivity index (χ4n) is 7.35. The van der Waals surface area contributed by atoms with Crippen LogP contribution in [0, 0.1) is 3.57 Å². The molecule has 0 unspecified atom stereocenters. The molecule has 1 amide bonds. The van der Waals surface area contributed by atoms with E-state index in [1.54, 1.807) is 7.11 Å². The second-order valence-electron chi connectivity index (χ2n) is 12.9. The fourth-order valence-corrected chi connectivity index (χ4v) is 9.10. The van der Waals surface area contributed by atoms with Crippen molar-refractivity contribution in [2.75, 3.05) is 25.1 Å². The molecule has 1 fully saturated rings. The zero-order valence-electron chi connectivity index (χ0n) is 27.9. The van der Waals surface area contributed by atoms with E-state index in [1.165, 1.54) is 39.7 Å².